The zero-order chi connectivity index (χ0) is 19.1. The van der Waals surface area contributed by atoms with Crippen molar-refractivity contribution < 1.29 is 9.53 Å². The van der Waals surface area contributed by atoms with Crippen LogP contribution in [0.2, 0.25) is 0 Å². The van der Waals surface area contributed by atoms with E-state index in [4.69, 9.17) is 4.74 Å². The third kappa shape index (κ3) is 3.28. The molecule has 0 spiro atoms. The van der Waals surface area contributed by atoms with E-state index in [1.54, 1.807) is 24.0 Å². The SMILES string of the molecule is Cn1nccc1C(=O)N1CCC(Oc2cccc3c2ccn3CC2CC2)CC1. The molecule has 0 atom stereocenters. The Morgan fingerprint density at radius 2 is 1.96 bits per heavy atom. The highest BCUT2D eigenvalue weighted by atomic mass is 16.5. The van der Waals surface area contributed by atoms with Gasteiger partial charge in [-0.05, 0) is 43.0 Å². The second-order valence-corrected chi connectivity index (χ2v) is 8.05. The van der Waals surface area contributed by atoms with E-state index in [0.717, 1.165) is 31.1 Å². The molecule has 2 fully saturated rings. The molecule has 1 saturated heterocycles. The topological polar surface area (TPSA) is 52.3 Å². The Bertz CT molecular complexity index is 993. The van der Waals surface area contributed by atoms with E-state index >= 15 is 0 Å². The van der Waals surface area contributed by atoms with Crippen molar-refractivity contribution in [3.05, 3.63) is 48.4 Å². The minimum absolute atomic E-state index is 0.0534. The lowest BCUT2D eigenvalue weighted by atomic mass is 10.1. The Balaban J connectivity index is 1.25. The molecule has 0 unspecified atom stereocenters. The first-order chi connectivity index (χ1) is 13.7. The number of benzene rings is 1. The Kier molecular flexibility index (Phi) is 4.34. The molecule has 3 aromatic rings. The van der Waals surface area contributed by atoms with Crippen LogP contribution in [0.3, 0.4) is 0 Å². The summed E-state index contributed by atoms with van der Waals surface area (Å²) in [4.78, 5) is 14.5. The molecule has 1 aliphatic heterocycles. The van der Waals surface area contributed by atoms with Crippen LogP contribution in [-0.2, 0) is 13.6 Å². The monoisotopic (exact) mass is 378 g/mol. The van der Waals surface area contributed by atoms with Gasteiger partial charge in [0.1, 0.15) is 17.5 Å². The third-order valence-electron chi connectivity index (χ3n) is 5.99. The molecule has 28 heavy (non-hydrogen) atoms. The summed E-state index contributed by atoms with van der Waals surface area (Å²) in [6.45, 7) is 2.54. The number of aryl methyl sites for hydroxylation is 1. The largest absolute Gasteiger partial charge is 0.490 e. The minimum atomic E-state index is 0.0534. The zero-order valence-corrected chi connectivity index (χ0v) is 16.3. The smallest absolute Gasteiger partial charge is 0.272 e. The third-order valence-corrected chi connectivity index (χ3v) is 5.99. The van der Waals surface area contributed by atoms with Crippen molar-refractivity contribution in [2.45, 2.75) is 38.3 Å². The average Bonchev–Trinajstić information content (AvgIpc) is 3.27. The standard InChI is InChI=1S/C22H26N4O2/c1-24-20(7-11-23-24)22(27)25-12-8-17(9-13-25)28-21-4-2-3-19-18(21)10-14-26(19)15-16-5-6-16/h2-4,7,10-11,14,16-17H,5-6,8-9,12-13,15H2,1H3. The molecule has 1 saturated carbocycles. The number of nitrogens with zero attached hydrogens (tertiary/aromatic N) is 4. The van der Waals surface area contributed by atoms with E-state index in [9.17, 15) is 4.79 Å². The van der Waals surface area contributed by atoms with Gasteiger partial charge in [0, 0.05) is 57.3 Å². The van der Waals surface area contributed by atoms with E-state index in [1.165, 1.54) is 23.7 Å². The molecule has 3 heterocycles. The van der Waals surface area contributed by atoms with Gasteiger partial charge < -0.3 is 14.2 Å². The number of likely N-dealkylation sites (tertiary alicyclic amines) is 1. The molecule has 0 radical (unpaired) electrons. The first kappa shape index (κ1) is 17.3. The van der Waals surface area contributed by atoms with Gasteiger partial charge in [0.15, 0.2) is 0 Å². The summed E-state index contributed by atoms with van der Waals surface area (Å²) in [5, 5.41) is 5.29. The van der Waals surface area contributed by atoms with Crippen molar-refractivity contribution >= 4 is 16.8 Å². The van der Waals surface area contributed by atoms with Gasteiger partial charge in [-0.15, -0.1) is 0 Å². The maximum absolute atomic E-state index is 12.6. The van der Waals surface area contributed by atoms with Gasteiger partial charge in [0.25, 0.3) is 5.91 Å². The van der Waals surface area contributed by atoms with Gasteiger partial charge in [-0.1, -0.05) is 6.07 Å². The molecule has 6 nitrogen and oxygen atoms in total. The predicted octanol–water partition coefficient (Wildman–Crippen LogP) is 3.47. The molecule has 0 bridgehead atoms. The van der Waals surface area contributed by atoms with Crippen LogP contribution in [0.1, 0.15) is 36.2 Å². The van der Waals surface area contributed by atoms with Crippen molar-refractivity contribution in [2.24, 2.45) is 13.0 Å². The molecule has 5 rings (SSSR count). The maximum atomic E-state index is 12.6. The van der Waals surface area contributed by atoms with Crippen LogP contribution in [0.5, 0.6) is 5.75 Å². The summed E-state index contributed by atoms with van der Waals surface area (Å²) >= 11 is 0. The Labute approximate surface area is 164 Å². The van der Waals surface area contributed by atoms with Crippen LogP contribution < -0.4 is 4.74 Å². The Morgan fingerprint density at radius 3 is 2.68 bits per heavy atom. The van der Waals surface area contributed by atoms with E-state index in [1.807, 2.05) is 4.90 Å². The number of fused-ring (bicyclic) bond motifs is 1. The molecule has 1 aromatic carbocycles. The molecule has 6 heteroatoms. The first-order valence-corrected chi connectivity index (χ1v) is 10.2. The van der Waals surface area contributed by atoms with Gasteiger partial charge in [-0.2, -0.15) is 5.10 Å². The number of rotatable bonds is 5. The summed E-state index contributed by atoms with van der Waals surface area (Å²) in [5.74, 6) is 1.86. The number of carbonyl (C=O) groups excluding carboxylic acids is 1. The van der Waals surface area contributed by atoms with Crippen molar-refractivity contribution in [1.29, 1.82) is 0 Å². The number of amides is 1. The summed E-state index contributed by atoms with van der Waals surface area (Å²) in [6.07, 6.45) is 8.40. The first-order valence-electron chi connectivity index (χ1n) is 10.2. The van der Waals surface area contributed by atoms with Crippen molar-refractivity contribution in [2.75, 3.05) is 13.1 Å². The van der Waals surface area contributed by atoms with E-state index < -0.39 is 0 Å². The van der Waals surface area contributed by atoms with Crippen LogP contribution in [0.4, 0.5) is 0 Å². The molecular formula is C22H26N4O2. The lowest BCUT2D eigenvalue weighted by Gasteiger charge is -2.32. The number of piperidine rings is 1. The predicted molar refractivity (Wildman–Crippen MR) is 107 cm³/mol. The van der Waals surface area contributed by atoms with Gasteiger partial charge in [0.05, 0.1) is 5.52 Å². The average molecular weight is 378 g/mol. The van der Waals surface area contributed by atoms with E-state index in [-0.39, 0.29) is 12.0 Å². The highest BCUT2D eigenvalue weighted by Crippen LogP contribution is 2.34. The fraction of sp³-hybridized carbons (Fsp3) is 0.455. The van der Waals surface area contributed by atoms with Gasteiger partial charge in [-0.3, -0.25) is 9.48 Å². The quantitative estimate of drug-likeness (QED) is 0.683. The Hall–Kier alpha value is -2.76. The van der Waals surface area contributed by atoms with Crippen molar-refractivity contribution in [3.8, 4) is 5.75 Å². The lowest BCUT2D eigenvalue weighted by molar-refractivity contribution is 0.0588. The minimum Gasteiger partial charge on any atom is -0.490 e. The number of hydrogen-bond acceptors (Lipinski definition) is 3. The molecule has 1 amide bonds. The van der Waals surface area contributed by atoms with Gasteiger partial charge in [-0.25, -0.2) is 0 Å². The van der Waals surface area contributed by atoms with Crippen LogP contribution in [-0.4, -0.2) is 44.3 Å². The van der Waals surface area contributed by atoms with Crippen molar-refractivity contribution in [1.82, 2.24) is 19.2 Å². The maximum Gasteiger partial charge on any atom is 0.272 e. The summed E-state index contributed by atoms with van der Waals surface area (Å²) in [6, 6.07) is 10.3. The normalized spacial score (nSPS) is 18.0. The summed E-state index contributed by atoms with van der Waals surface area (Å²) < 4.78 is 10.4. The summed E-state index contributed by atoms with van der Waals surface area (Å²) in [5.41, 5.74) is 1.90. The van der Waals surface area contributed by atoms with Crippen molar-refractivity contribution in [3.63, 3.8) is 0 Å². The molecule has 2 aliphatic rings. The molecule has 146 valence electrons. The van der Waals surface area contributed by atoms with Gasteiger partial charge >= 0.3 is 0 Å². The highest BCUT2D eigenvalue weighted by Gasteiger charge is 2.27. The highest BCUT2D eigenvalue weighted by molar-refractivity contribution is 5.92. The van der Waals surface area contributed by atoms with Gasteiger partial charge in [0.2, 0.25) is 0 Å². The number of carbonyl (C=O) groups is 1. The number of aromatic nitrogens is 3. The zero-order valence-electron chi connectivity index (χ0n) is 16.3. The van der Waals surface area contributed by atoms with Crippen LogP contribution >= 0.6 is 0 Å². The molecular weight excluding hydrogens is 352 g/mol. The second-order valence-electron chi connectivity index (χ2n) is 8.05. The molecule has 0 N–H and O–H groups in total. The molecule has 2 aromatic heterocycles. The van der Waals surface area contributed by atoms with E-state index in [2.05, 4.69) is 40.1 Å². The number of ether oxygens (including phenoxy) is 1. The van der Waals surface area contributed by atoms with E-state index in [0.29, 0.717) is 18.8 Å². The number of hydrogen-bond donors (Lipinski definition) is 0. The Morgan fingerprint density at radius 1 is 1.14 bits per heavy atom. The lowest BCUT2D eigenvalue weighted by Crippen LogP contribution is -2.42. The van der Waals surface area contributed by atoms with Crippen LogP contribution in [0.15, 0.2) is 42.7 Å². The molecule has 1 aliphatic carbocycles. The fourth-order valence-corrected chi connectivity index (χ4v) is 4.14. The summed E-state index contributed by atoms with van der Waals surface area (Å²) in [7, 11) is 1.80. The fourth-order valence-electron chi connectivity index (χ4n) is 4.14. The van der Waals surface area contributed by atoms with Crippen LogP contribution in [0.25, 0.3) is 10.9 Å². The second kappa shape index (κ2) is 7.00. The van der Waals surface area contributed by atoms with Crippen LogP contribution in [0, 0.1) is 5.92 Å².